The smallest absolute Gasteiger partial charge is 0.139 e. The summed E-state index contributed by atoms with van der Waals surface area (Å²) in [6.07, 6.45) is 1.34. The summed E-state index contributed by atoms with van der Waals surface area (Å²) >= 11 is 5.93. The van der Waals surface area contributed by atoms with Crippen LogP contribution in [-0.2, 0) is 5.88 Å². The Bertz CT molecular complexity index is 739. The van der Waals surface area contributed by atoms with Gasteiger partial charge in [0.1, 0.15) is 17.3 Å². The fourth-order valence-electron chi connectivity index (χ4n) is 2.03. The molecule has 0 unspecified atom stereocenters. The molecule has 6 heteroatoms. The van der Waals surface area contributed by atoms with Crippen molar-refractivity contribution in [1.29, 1.82) is 0 Å². The van der Waals surface area contributed by atoms with Gasteiger partial charge in [-0.15, -0.1) is 24.0 Å². The fourth-order valence-corrected chi connectivity index (χ4v) is 2.29. The van der Waals surface area contributed by atoms with Crippen LogP contribution in [0.2, 0.25) is 0 Å². The molecular formula is C14H10Cl2F2N2. The van der Waals surface area contributed by atoms with E-state index in [0.29, 0.717) is 17.0 Å². The van der Waals surface area contributed by atoms with Crippen LogP contribution in [0.15, 0.2) is 42.6 Å². The molecule has 0 atom stereocenters. The molecular weight excluding hydrogens is 305 g/mol. The van der Waals surface area contributed by atoms with Crippen molar-refractivity contribution >= 4 is 29.7 Å². The lowest BCUT2D eigenvalue weighted by Crippen LogP contribution is -1.92. The summed E-state index contributed by atoms with van der Waals surface area (Å²) in [5, 5.41) is 0. The third-order valence-electron chi connectivity index (χ3n) is 2.93. The molecule has 20 heavy (non-hydrogen) atoms. The monoisotopic (exact) mass is 314 g/mol. The molecule has 0 fully saturated rings. The van der Waals surface area contributed by atoms with Crippen LogP contribution in [0, 0.1) is 11.6 Å². The highest BCUT2D eigenvalue weighted by molar-refractivity contribution is 6.17. The van der Waals surface area contributed by atoms with E-state index < -0.39 is 0 Å². The van der Waals surface area contributed by atoms with E-state index in [-0.39, 0.29) is 29.9 Å². The molecule has 0 saturated carbocycles. The van der Waals surface area contributed by atoms with Crippen LogP contribution in [0.4, 0.5) is 8.78 Å². The van der Waals surface area contributed by atoms with Crippen LogP contribution in [0.5, 0.6) is 0 Å². The molecule has 3 rings (SSSR count). The molecule has 104 valence electrons. The first-order valence-electron chi connectivity index (χ1n) is 5.67. The summed E-state index contributed by atoms with van der Waals surface area (Å²) in [6.45, 7) is 0. The number of imidazole rings is 1. The lowest BCUT2D eigenvalue weighted by Gasteiger charge is -2.01. The highest BCUT2D eigenvalue weighted by Gasteiger charge is 2.13. The van der Waals surface area contributed by atoms with Crippen molar-refractivity contribution < 1.29 is 8.78 Å². The summed E-state index contributed by atoms with van der Waals surface area (Å²) < 4.78 is 27.8. The molecule has 2 heterocycles. The van der Waals surface area contributed by atoms with Crippen LogP contribution >= 0.6 is 24.0 Å². The van der Waals surface area contributed by atoms with Gasteiger partial charge in [0.2, 0.25) is 0 Å². The number of hydrogen-bond acceptors (Lipinski definition) is 1. The lowest BCUT2D eigenvalue weighted by molar-refractivity contribution is 0.618. The molecule has 2 aromatic heterocycles. The van der Waals surface area contributed by atoms with Gasteiger partial charge in [-0.25, -0.2) is 13.8 Å². The minimum absolute atomic E-state index is 0. The van der Waals surface area contributed by atoms with Crippen LogP contribution in [0.1, 0.15) is 5.69 Å². The Morgan fingerprint density at radius 2 is 1.65 bits per heavy atom. The highest BCUT2D eigenvalue weighted by atomic mass is 35.5. The van der Waals surface area contributed by atoms with Crippen LogP contribution in [0.25, 0.3) is 16.9 Å². The SMILES string of the molecule is Cl.Fc1ccc(-c2nc3ccc(F)cn3c2CCl)cc1. The van der Waals surface area contributed by atoms with Gasteiger partial charge in [0.25, 0.3) is 0 Å². The van der Waals surface area contributed by atoms with Gasteiger partial charge in [-0.1, -0.05) is 0 Å². The minimum atomic E-state index is -0.359. The van der Waals surface area contributed by atoms with Gasteiger partial charge < -0.3 is 0 Å². The molecule has 0 aliphatic heterocycles. The van der Waals surface area contributed by atoms with Crippen molar-refractivity contribution in [2.45, 2.75) is 5.88 Å². The molecule has 1 aromatic carbocycles. The fraction of sp³-hybridized carbons (Fsp3) is 0.0714. The molecule has 0 N–H and O–H groups in total. The quantitative estimate of drug-likeness (QED) is 0.639. The van der Waals surface area contributed by atoms with Crippen LogP contribution in [-0.4, -0.2) is 9.38 Å². The maximum Gasteiger partial charge on any atom is 0.139 e. The lowest BCUT2D eigenvalue weighted by atomic mass is 10.1. The number of rotatable bonds is 2. The molecule has 2 nitrogen and oxygen atoms in total. The number of fused-ring (bicyclic) bond motifs is 1. The van der Waals surface area contributed by atoms with E-state index in [4.69, 9.17) is 11.6 Å². The summed E-state index contributed by atoms with van der Waals surface area (Å²) in [5.74, 6) is -0.481. The van der Waals surface area contributed by atoms with Crippen LogP contribution < -0.4 is 0 Å². The van der Waals surface area contributed by atoms with Crippen molar-refractivity contribution in [2.24, 2.45) is 0 Å². The molecule has 3 aromatic rings. The first-order valence-corrected chi connectivity index (χ1v) is 6.21. The second-order valence-electron chi connectivity index (χ2n) is 4.12. The average molecular weight is 315 g/mol. The Hall–Kier alpha value is -1.65. The van der Waals surface area contributed by atoms with E-state index in [1.807, 2.05) is 0 Å². The zero-order chi connectivity index (χ0) is 13.4. The van der Waals surface area contributed by atoms with Gasteiger partial charge in [-0.2, -0.15) is 0 Å². The third kappa shape index (κ3) is 2.49. The number of benzene rings is 1. The van der Waals surface area contributed by atoms with Crippen molar-refractivity contribution in [3.63, 3.8) is 0 Å². The Morgan fingerprint density at radius 3 is 2.30 bits per heavy atom. The predicted molar refractivity (Wildman–Crippen MR) is 77.3 cm³/mol. The number of pyridine rings is 1. The second kappa shape index (κ2) is 5.77. The Balaban J connectivity index is 0.00000147. The normalized spacial score (nSPS) is 10.6. The molecule has 0 radical (unpaired) electrons. The van der Waals surface area contributed by atoms with E-state index in [1.165, 1.54) is 24.4 Å². The van der Waals surface area contributed by atoms with Gasteiger partial charge in [-0.05, 0) is 36.4 Å². The largest absolute Gasteiger partial charge is 0.299 e. The molecule has 0 aliphatic carbocycles. The average Bonchev–Trinajstić information content (AvgIpc) is 2.77. The van der Waals surface area contributed by atoms with E-state index in [1.54, 1.807) is 22.6 Å². The van der Waals surface area contributed by atoms with Gasteiger partial charge in [0.15, 0.2) is 0 Å². The molecule has 0 saturated heterocycles. The number of nitrogens with zero attached hydrogens (tertiary/aromatic N) is 2. The van der Waals surface area contributed by atoms with Crippen molar-refractivity contribution in [2.75, 3.05) is 0 Å². The van der Waals surface area contributed by atoms with Gasteiger partial charge in [0.05, 0.1) is 17.3 Å². The van der Waals surface area contributed by atoms with Gasteiger partial charge >= 0.3 is 0 Å². The summed E-state index contributed by atoms with van der Waals surface area (Å²) in [7, 11) is 0. The number of halogens is 4. The maximum atomic E-state index is 13.3. The molecule has 0 aliphatic rings. The van der Waals surface area contributed by atoms with E-state index >= 15 is 0 Å². The van der Waals surface area contributed by atoms with E-state index in [0.717, 1.165) is 5.56 Å². The number of hydrogen-bond donors (Lipinski definition) is 0. The maximum absolute atomic E-state index is 13.3. The Morgan fingerprint density at radius 1 is 1.00 bits per heavy atom. The first kappa shape index (κ1) is 14.8. The van der Waals surface area contributed by atoms with Gasteiger partial charge in [0, 0.05) is 11.8 Å². The van der Waals surface area contributed by atoms with Gasteiger partial charge in [-0.3, -0.25) is 4.40 Å². The van der Waals surface area contributed by atoms with E-state index in [2.05, 4.69) is 4.98 Å². The third-order valence-corrected chi connectivity index (χ3v) is 3.18. The number of alkyl halides is 1. The Labute approximate surface area is 125 Å². The zero-order valence-corrected chi connectivity index (χ0v) is 11.8. The number of aromatic nitrogens is 2. The highest BCUT2D eigenvalue weighted by Crippen LogP contribution is 2.26. The van der Waals surface area contributed by atoms with E-state index in [9.17, 15) is 8.78 Å². The van der Waals surface area contributed by atoms with Crippen molar-refractivity contribution in [1.82, 2.24) is 9.38 Å². The topological polar surface area (TPSA) is 17.3 Å². The Kier molecular flexibility index (Phi) is 4.26. The molecule has 0 bridgehead atoms. The molecule has 0 amide bonds. The summed E-state index contributed by atoms with van der Waals surface area (Å²) in [4.78, 5) is 4.41. The predicted octanol–water partition coefficient (Wildman–Crippen LogP) is 4.44. The van der Waals surface area contributed by atoms with Crippen molar-refractivity contribution in [3.8, 4) is 11.3 Å². The van der Waals surface area contributed by atoms with Crippen LogP contribution in [0.3, 0.4) is 0 Å². The summed E-state index contributed by atoms with van der Waals surface area (Å²) in [6, 6.07) is 8.90. The zero-order valence-electron chi connectivity index (χ0n) is 10.2. The summed E-state index contributed by atoms with van der Waals surface area (Å²) in [5.41, 5.74) is 2.68. The molecule has 0 spiro atoms. The second-order valence-corrected chi connectivity index (χ2v) is 4.39. The minimum Gasteiger partial charge on any atom is -0.299 e. The standard InChI is InChI=1S/C14H9ClF2N2.ClH/c15-7-12-14(9-1-3-10(16)4-2-9)18-13-6-5-11(17)8-19(12)13;/h1-6,8H,7H2;1H. The first-order chi connectivity index (χ1) is 9.19. The van der Waals surface area contributed by atoms with Crippen molar-refractivity contribution in [3.05, 3.63) is 59.9 Å².